The van der Waals surface area contributed by atoms with Crippen LogP contribution in [0.25, 0.3) is 0 Å². The number of rotatable bonds is 6. The van der Waals surface area contributed by atoms with Crippen LogP contribution in [-0.4, -0.2) is 32.8 Å². The standard InChI is InChI=1S/C15H16N2O4S3/c18-14(15(19)17-10-5-6-10)16-9-12(11-3-1-7-22-11)24(20,21)13-4-2-8-23-13/h1-4,7-8,10,12H,5-6,9H2,(H,16,18)(H,17,19)/t12-/m1/s1. The molecule has 0 spiro atoms. The fraction of sp³-hybridized carbons (Fsp3) is 0.333. The van der Waals surface area contributed by atoms with Crippen molar-refractivity contribution < 1.29 is 18.0 Å². The van der Waals surface area contributed by atoms with Gasteiger partial charge in [0.05, 0.1) is 0 Å². The van der Waals surface area contributed by atoms with E-state index in [1.54, 1.807) is 35.0 Å². The SMILES string of the molecule is O=C(NC[C@H](c1cccs1)S(=O)(=O)c1cccs1)C(=O)NC1CC1. The van der Waals surface area contributed by atoms with Gasteiger partial charge in [-0.15, -0.1) is 22.7 Å². The second-order valence-electron chi connectivity index (χ2n) is 5.44. The number of carbonyl (C=O) groups is 2. The molecule has 2 amide bonds. The number of carbonyl (C=O) groups excluding carboxylic acids is 2. The maximum atomic E-state index is 12.8. The van der Waals surface area contributed by atoms with Gasteiger partial charge in [0.15, 0.2) is 9.84 Å². The van der Waals surface area contributed by atoms with Crippen molar-refractivity contribution in [3.63, 3.8) is 0 Å². The van der Waals surface area contributed by atoms with Crippen molar-refractivity contribution in [2.75, 3.05) is 6.54 Å². The Morgan fingerprint density at radius 1 is 1.12 bits per heavy atom. The molecule has 0 unspecified atom stereocenters. The van der Waals surface area contributed by atoms with Crippen LogP contribution in [0, 0.1) is 0 Å². The van der Waals surface area contributed by atoms with E-state index in [1.165, 1.54) is 11.3 Å². The first-order valence-corrected chi connectivity index (χ1v) is 10.7. The van der Waals surface area contributed by atoms with E-state index in [4.69, 9.17) is 0 Å². The minimum atomic E-state index is -3.63. The minimum Gasteiger partial charge on any atom is -0.346 e. The Balaban J connectivity index is 1.74. The molecule has 1 aliphatic rings. The van der Waals surface area contributed by atoms with E-state index in [9.17, 15) is 18.0 Å². The molecular weight excluding hydrogens is 368 g/mol. The second kappa shape index (κ2) is 7.04. The average Bonchev–Trinajstić information content (AvgIpc) is 3.03. The van der Waals surface area contributed by atoms with E-state index in [0.29, 0.717) is 4.88 Å². The third-order valence-electron chi connectivity index (χ3n) is 3.58. The fourth-order valence-electron chi connectivity index (χ4n) is 2.15. The molecule has 0 aliphatic heterocycles. The van der Waals surface area contributed by atoms with Crippen LogP contribution in [0.4, 0.5) is 0 Å². The monoisotopic (exact) mass is 384 g/mol. The number of thiophene rings is 2. The Hall–Kier alpha value is -1.71. The molecule has 1 fully saturated rings. The van der Waals surface area contributed by atoms with Crippen LogP contribution in [0.3, 0.4) is 0 Å². The van der Waals surface area contributed by atoms with E-state index < -0.39 is 26.9 Å². The summed E-state index contributed by atoms with van der Waals surface area (Å²) in [5, 5.41) is 7.61. The van der Waals surface area contributed by atoms with Gasteiger partial charge < -0.3 is 10.6 Å². The van der Waals surface area contributed by atoms with E-state index in [0.717, 1.165) is 24.2 Å². The topological polar surface area (TPSA) is 92.3 Å². The molecule has 2 N–H and O–H groups in total. The van der Waals surface area contributed by atoms with Crippen molar-refractivity contribution >= 4 is 44.3 Å². The maximum Gasteiger partial charge on any atom is 0.309 e. The van der Waals surface area contributed by atoms with Crippen LogP contribution in [0.15, 0.2) is 39.2 Å². The van der Waals surface area contributed by atoms with Crippen molar-refractivity contribution in [2.45, 2.75) is 28.3 Å². The van der Waals surface area contributed by atoms with Crippen LogP contribution >= 0.6 is 22.7 Å². The van der Waals surface area contributed by atoms with Gasteiger partial charge in [0.2, 0.25) is 0 Å². The first-order valence-electron chi connectivity index (χ1n) is 7.38. The zero-order chi connectivity index (χ0) is 17.2. The molecule has 1 aliphatic carbocycles. The maximum absolute atomic E-state index is 12.8. The molecule has 128 valence electrons. The first kappa shape index (κ1) is 17.1. The molecule has 0 radical (unpaired) electrons. The number of hydrogen-bond acceptors (Lipinski definition) is 6. The summed E-state index contributed by atoms with van der Waals surface area (Å²) in [6, 6.07) is 6.77. The first-order chi connectivity index (χ1) is 11.5. The van der Waals surface area contributed by atoms with Crippen molar-refractivity contribution in [3.8, 4) is 0 Å². The summed E-state index contributed by atoms with van der Waals surface area (Å²) in [6.45, 7) is -0.141. The molecule has 1 atom stereocenters. The fourth-order valence-corrected chi connectivity index (χ4v) is 6.14. The van der Waals surface area contributed by atoms with E-state index in [2.05, 4.69) is 10.6 Å². The number of sulfone groups is 1. The van der Waals surface area contributed by atoms with Crippen LogP contribution in [0.2, 0.25) is 0 Å². The van der Waals surface area contributed by atoms with Crippen molar-refractivity contribution in [1.29, 1.82) is 0 Å². The number of amides is 2. The predicted molar refractivity (Wildman–Crippen MR) is 92.7 cm³/mol. The highest BCUT2D eigenvalue weighted by molar-refractivity contribution is 7.93. The van der Waals surface area contributed by atoms with Crippen LogP contribution < -0.4 is 10.6 Å². The van der Waals surface area contributed by atoms with Gasteiger partial charge in [-0.3, -0.25) is 9.59 Å². The van der Waals surface area contributed by atoms with Crippen molar-refractivity contribution in [1.82, 2.24) is 10.6 Å². The Labute approximate surface area is 147 Å². The summed E-state index contributed by atoms with van der Waals surface area (Å²) in [5.74, 6) is -1.51. The second-order valence-corrected chi connectivity index (χ2v) is 9.72. The summed E-state index contributed by atoms with van der Waals surface area (Å²) in [7, 11) is -3.63. The molecule has 2 aromatic rings. The van der Waals surface area contributed by atoms with Gasteiger partial charge in [-0.2, -0.15) is 0 Å². The van der Waals surface area contributed by atoms with Gasteiger partial charge in [-0.05, 0) is 35.7 Å². The lowest BCUT2D eigenvalue weighted by Crippen LogP contribution is -2.42. The smallest absolute Gasteiger partial charge is 0.309 e. The highest BCUT2D eigenvalue weighted by Gasteiger charge is 2.32. The van der Waals surface area contributed by atoms with Gasteiger partial charge in [-0.1, -0.05) is 12.1 Å². The third-order valence-corrected chi connectivity index (χ3v) is 8.23. The lowest BCUT2D eigenvalue weighted by Gasteiger charge is -2.16. The predicted octanol–water partition coefficient (Wildman–Crippen LogP) is 1.72. The summed E-state index contributed by atoms with van der Waals surface area (Å²) in [5.41, 5.74) is 0. The molecule has 24 heavy (non-hydrogen) atoms. The average molecular weight is 385 g/mol. The van der Waals surface area contributed by atoms with Gasteiger partial charge >= 0.3 is 11.8 Å². The molecule has 0 saturated heterocycles. The van der Waals surface area contributed by atoms with Gasteiger partial charge in [-0.25, -0.2) is 8.42 Å². The molecular formula is C15H16N2O4S3. The summed E-state index contributed by atoms with van der Waals surface area (Å²) in [4.78, 5) is 24.2. The molecule has 2 aromatic heterocycles. The third kappa shape index (κ3) is 3.85. The van der Waals surface area contributed by atoms with Gasteiger partial charge in [0.1, 0.15) is 9.46 Å². The zero-order valence-electron chi connectivity index (χ0n) is 12.6. The van der Waals surface area contributed by atoms with Crippen LogP contribution in [-0.2, 0) is 19.4 Å². The molecule has 9 heteroatoms. The summed E-state index contributed by atoms with van der Waals surface area (Å²) < 4.78 is 25.9. The highest BCUT2D eigenvalue weighted by atomic mass is 32.2. The van der Waals surface area contributed by atoms with Crippen LogP contribution in [0.5, 0.6) is 0 Å². The van der Waals surface area contributed by atoms with Crippen molar-refractivity contribution in [2.24, 2.45) is 0 Å². The van der Waals surface area contributed by atoms with Gasteiger partial charge in [0, 0.05) is 17.5 Å². The number of nitrogens with one attached hydrogen (secondary N) is 2. The lowest BCUT2D eigenvalue weighted by molar-refractivity contribution is -0.139. The summed E-state index contributed by atoms with van der Waals surface area (Å²) in [6.07, 6.45) is 1.76. The van der Waals surface area contributed by atoms with Gasteiger partial charge in [0.25, 0.3) is 0 Å². The normalized spacial score (nSPS) is 15.7. The Kier molecular flexibility index (Phi) is 5.02. The molecule has 0 aromatic carbocycles. The quantitative estimate of drug-likeness (QED) is 0.742. The highest BCUT2D eigenvalue weighted by Crippen LogP contribution is 2.33. The van der Waals surface area contributed by atoms with E-state index in [-0.39, 0.29) is 16.8 Å². The van der Waals surface area contributed by atoms with E-state index >= 15 is 0 Å². The molecule has 0 bridgehead atoms. The largest absolute Gasteiger partial charge is 0.346 e. The molecule has 6 nitrogen and oxygen atoms in total. The molecule has 2 heterocycles. The summed E-state index contributed by atoms with van der Waals surface area (Å²) >= 11 is 2.45. The Bertz CT molecular complexity index is 809. The minimum absolute atomic E-state index is 0.0752. The Morgan fingerprint density at radius 2 is 1.83 bits per heavy atom. The number of hydrogen-bond donors (Lipinski definition) is 2. The Morgan fingerprint density at radius 3 is 2.42 bits per heavy atom. The zero-order valence-corrected chi connectivity index (χ0v) is 15.0. The lowest BCUT2D eigenvalue weighted by atomic mass is 10.3. The molecule has 3 rings (SSSR count). The van der Waals surface area contributed by atoms with Crippen LogP contribution in [0.1, 0.15) is 23.0 Å². The van der Waals surface area contributed by atoms with E-state index in [1.807, 2.05) is 0 Å². The van der Waals surface area contributed by atoms with Crippen molar-refractivity contribution in [3.05, 3.63) is 39.9 Å². The molecule has 1 saturated carbocycles.